The van der Waals surface area contributed by atoms with Crippen LogP contribution in [0.15, 0.2) is 40.2 Å². The Bertz CT molecular complexity index is 1130. The van der Waals surface area contributed by atoms with E-state index < -0.39 is 6.36 Å². The van der Waals surface area contributed by atoms with Crippen LogP contribution in [0.3, 0.4) is 0 Å². The van der Waals surface area contributed by atoms with Crippen LogP contribution in [-0.4, -0.2) is 56.4 Å². The van der Waals surface area contributed by atoms with Gasteiger partial charge in [-0.15, -0.1) is 23.4 Å². The summed E-state index contributed by atoms with van der Waals surface area (Å²) in [7, 11) is 1.92. The standard InChI is InChI=1S/C22H24F3N5O2S/c1-14-18(31-13-26-14)19-27-28-20(29(19)2)33-9-3-8-30-11-16-10-21(16,12-30)15-4-6-17(7-5-15)32-22(23,24)25/h4-7,13,16H,3,8-12H2,1-2H3/t16-,21+/m0/s1. The lowest BCUT2D eigenvalue weighted by Gasteiger charge is -2.21. The van der Waals surface area contributed by atoms with Crippen LogP contribution in [-0.2, 0) is 12.5 Å². The van der Waals surface area contributed by atoms with Gasteiger partial charge in [-0.05, 0) is 49.9 Å². The molecule has 0 unspecified atom stereocenters. The van der Waals surface area contributed by atoms with E-state index in [9.17, 15) is 13.2 Å². The molecule has 0 radical (unpaired) electrons. The van der Waals surface area contributed by atoms with Gasteiger partial charge in [0.15, 0.2) is 17.3 Å². The van der Waals surface area contributed by atoms with E-state index in [2.05, 4.69) is 24.8 Å². The highest BCUT2D eigenvalue weighted by atomic mass is 32.2. The summed E-state index contributed by atoms with van der Waals surface area (Å²) in [6, 6.07) is 6.40. The molecule has 0 amide bonds. The Hall–Kier alpha value is -2.53. The number of hydrogen-bond acceptors (Lipinski definition) is 7. The van der Waals surface area contributed by atoms with Crippen molar-refractivity contribution in [1.29, 1.82) is 0 Å². The maximum Gasteiger partial charge on any atom is 0.573 e. The Labute approximate surface area is 193 Å². The van der Waals surface area contributed by atoms with Gasteiger partial charge in [0.25, 0.3) is 0 Å². The molecule has 0 N–H and O–H groups in total. The summed E-state index contributed by atoms with van der Waals surface area (Å²) in [5.41, 5.74) is 1.97. The molecule has 1 aliphatic carbocycles. The summed E-state index contributed by atoms with van der Waals surface area (Å²) >= 11 is 1.66. The van der Waals surface area contributed by atoms with Crippen molar-refractivity contribution in [2.45, 2.75) is 36.7 Å². The highest BCUT2D eigenvalue weighted by Gasteiger charge is 2.60. The second-order valence-electron chi connectivity index (χ2n) is 8.70. The summed E-state index contributed by atoms with van der Waals surface area (Å²) in [5.74, 6) is 2.62. The number of fused-ring (bicyclic) bond motifs is 1. The molecule has 1 aromatic carbocycles. The predicted molar refractivity (Wildman–Crippen MR) is 116 cm³/mol. The Kier molecular flexibility index (Phi) is 5.64. The van der Waals surface area contributed by atoms with Crippen LogP contribution in [0.5, 0.6) is 5.75 Å². The topological polar surface area (TPSA) is 69.2 Å². The molecule has 2 fully saturated rings. The van der Waals surface area contributed by atoms with Crippen LogP contribution < -0.4 is 4.74 Å². The van der Waals surface area contributed by atoms with Crippen LogP contribution in [0, 0.1) is 12.8 Å². The molecule has 0 bridgehead atoms. The van der Waals surface area contributed by atoms with Crippen LogP contribution in [0.1, 0.15) is 24.1 Å². The number of rotatable bonds is 8. The summed E-state index contributed by atoms with van der Waals surface area (Å²) in [5, 5.41) is 9.35. The summed E-state index contributed by atoms with van der Waals surface area (Å²) in [6.45, 7) is 4.83. The zero-order valence-electron chi connectivity index (χ0n) is 18.3. The van der Waals surface area contributed by atoms with Gasteiger partial charge in [0.2, 0.25) is 5.82 Å². The predicted octanol–water partition coefficient (Wildman–Crippen LogP) is 4.43. The molecule has 2 aromatic heterocycles. The first kappa shape index (κ1) is 22.3. The summed E-state index contributed by atoms with van der Waals surface area (Å²) in [6.07, 6.45) is -1.15. The highest BCUT2D eigenvalue weighted by molar-refractivity contribution is 7.99. The number of benzene rings is 1. The number of oxazole rings is 1. The second-order valence-corrected chi connectivity index (χ2v) is 9.76. The first-order valence-electron chi connectivity index (χ1n) is 10.8. The molecule has 2 aliphatic rings. The first-order valence-corrected chi connectivity index (χ1v) is 11.7. The van der Waals surface area contributed by atoms with Crippen LogP contribution in [0.4, 0.5) is 13.2 Å². The molecule has 5 rings (SSSR count). The van der Waals surface area contributed by atoms with Gasteiger partial charge in [-0.25, -0.2) is 4.98 Å². The lowest BCUT2D eigenvalue weighted by Crippen LogP contribution is -2.28. The molecule has 1 aliphatic heterocycles. The zero-order valence-corrected chi connectivity index (χ0v) is 19.1. The average Bonchev–Trinajstić information content (AvgIpc) is 3.06. The Morgan fingerprint density at radius 1 is 1.24 bits per heavy atom. The minimum atomic E-state index is -4.66. The first-order chi connectivity index (χ1) is 15.7. The van der Waals surface area contributed by atoms with Crippen molar-refractivity contribution in [2.75, 3.05) is 25.4 Å². The normalized spacial score (nSPS) is 22.5. The number of ether oxygens (including phenoxy) is 1. The minimum absolute atomic E-state index is 0.0807. The van der Waals surface area contributed by atoms with E-state index in [1.165, 1.54) is 18.5 Å². The molecule has 3 aromatic rings. The van der Waals surface area contributed by atoms with Crippen LogP contribution in [0.25, 0.3) is 11.6 Å². The van der Waals surface area contributed by atoms with E-state index in [1.54, 1.807) is 23.9 Å². The van der Waals surface area contributed by atoms with E-state index >= 15 is 0 Å². The molecule has 176 valence electrons. The SMILES string of the molecule is Cc1ncoc1-c1nnc(SCCCN2C[C@@H]3C[C@]3(c3ccc(OC(F)(F)F)cc3)C2)n1C. The lowest BCUT2D eigenvalue weighted by atomic mass is 9.95. The molecule has 7 nitrogen and oxygen atoms in total. The third-order valence-corrected chi connectivity index (χ3v) is 7.62. The molecule has 3 heterocycles. The second kappa shape index (κ2) is 8.35. The molecular weight excluding hydrogens is 455 g/mol. The van der Waals surface area contributed by atoms with Crippen molar-refractivity contribution in [3.63, 3.8) is 0 Å². The fourth-order valence-corrected chi connectivity index (χ4v) is 5.63. The van der Waals surface area contributed by atoms with Gasteiger partial charge in [0, 0.05) is 31.3 Å². The number of halogens is 3. The number of likely N-dealkylation sites (tertiary alicyclic amines) is 1. The van der Waals surface area contributed by atoms with Gasteiger partial charge in [0.05, 0.1) is 5.69 Å². The fraction of sp³-hybridized carbons (Fsp3) is 0.500. The average molecular weight is 480 g/mol. The number of thioether (sulfide) groups is 1. The third-order valence-electron chi connectivity index (χ3n) is 6.51. The largest absolute Gasteiger partial charge is 0.573 e. The fourth-order valence-electron chi connectivity index (χ4n) is 4.80. The van der Waals surface area contributed by atoms with Crippen molar-refractivity contribution in [3.8, 4) is 17.3 Å². The quantitative estimate of drug-likeness (QED) is 0.350. The molecule has 1 saturated carbocycles. The molecule has 1 saturated heterocycles. The molecule has 33 heavy (non-hydrogen) atoms. The molecular formula is C22H24F3N5O2S. The van der Waals surface area contributed by atoms with Crippen molar-refractivity contribution in [1.82, 2.24) is 24.6 Å². The smallest absolute Gasteiger partial charge is 0.440 e. The van der Waals surface area contributed by atoms with E-state index in [1.807, 2.05) is 18.5 Å². The minimum Gasteiger partial charge on any atom is -0.440 e. The van der Waals surface area contributed by atoms with Crippen molar-refractivity contribution < 1.29 is 22.3 Å². The Morgan fingerprint density at radius 3 is 2.73 bits per heavy atom. The number of alkyl halides is 3. The number of nitrogens with zero attached hydrogens (tertiary/aromatic N) is 5. The van der Waals surface area contributed by atoms with Gasteiger partial charge in [-0.1, -0.05) is 23.9 Å². The monoisotopic (exact) mass is 479 g/mol. The van der Waals surface area contributed by atoms with E-state index in [4.69, 9.17) is 4.42 Å². The number of piperidine rings is 1. The van der Waals surface area contributed by atoms with Gasteiger partial charge in [-0.2, -0.15) is 0 Å². The van der Waals surface area contributed by atoms with E-state index in [0.29, 0.717) is 17.5 Å². The van der Waals surface area contributed by atoms with Gasteiger partial charge < -0.3 is 18.6 Å². The van der Waals surface area contributed by atoms with Gasteiger partial charge in [-0.3, -0.25) is 0 Å². The number of aryl methyl sites for hydroxylation is 1. The van der Waals surface area contributed by atoms with E-state index in [0.717, 1.165) is 54.6 Å². The Balaban J connectivity index is 1.11. The van der Waals surface area contributed by atoms with Gasteiger partial charge >= 0.3 is 6.36 Å². The molecule has 0 spiro atoms. The van der Waals surface area contributed by atoms with Crippen molar-refractivity contribution >= 4 is 11.8 Å². The third kappa shape index (κ3) is 4.48. The number of hydrogen-bond donors (Lipinski definition) is 0. The maximum absolute atomic E-state index is 12.4. The highest BCUT2D eigenvalue weighted by Crippen LogP contribution is 2.59. The van der Waals surface area contributed by atoms with Crippen LogP contribution >= 0.6 is 11.8 Å². The van der Waals surface area contributed by atoms with Crippen LogP contribution in [0.2, 0.25) is 0 Å². The number of aromatic nitrogens is 4. The Morgan fingerprint density at radius 2 is 2.03 bits per heavy atom. The molecule has 11 heteroatoms. The van der Waals surface area contributed by atoms with Gasteiger partial charge in [0.1, 0.15) is 5.75 Å². The summed E-state index contributed by atoms with van der Waals surface area (Å²) < 4.78 is 48.5. The van der Waals surface area contributed by atoms with E-state index in [-0.39, 0.29) is 11.2 Å². The summed E-state index contributed by atoms with van der Waals surface area (Å²) in [4.78, 5) is 6.56. The van der Waals surface area contributed by atoms with Crippen molar-refractivity contribution in [2.24, 2.45) is 13.0 Å². The maximum atomic E-state index is 12.4. The molecule has 2 atom stereocenters. The zero-order chi connectivity index (χ0) is 23.2. The lowest BCUT2D eigenvalue weighted by molar-refractivity contribution is -0.274. The van der Waals surface area contributed by atoms with Crippen molar-refractivity contribution in [3.05, 3.63) is 41.9 Å².